The molecule has 0 spiro atoms. The highest BCUT2D eigenvalue weighted by Crippen LogP contribution is 2.42. The number of nitrogens with two attached hydrogens (primary N) is 1. The number of fused-ring (bicyclic) bond motifs is 2. The minimum Gasteiger partial charge on any atom is -0.465 e. The molecule has 2 aromatic heterocycles. The fourth-order valence-corrected chi connectivity index (χ4v) is 4.48. The third-order valence-corrected chi connectivity index (χ3v) is 6.92. The topological polar surface area (TPSA) is 125 Å². The SMILES string of the molecule is CCOC(=O)C1(C)C(=O)Nc2nc(-c3nn(CCC(F)(F)C(F)(F)F)c4cc(CI)ccc34)nc(N)c21. The number of hydrogen-bond donors (Lipinski definition) is 2. The van der Waals surface area contributed by atoms with Gasteiger partial charge in [0.1, 0.15) is 17.3 Å². The van der Waals surface area contributed by atoms with Crippen molar-refractivity contribution in [3.8, 4) is 11.5 Å². The van der Waals surface area contributed by atoms with Crippen LogP contribution in [0.15, 0.2) is 18.2 Å². The van der Waals surface area contributed by atoms with E-state index in [2.05, 4.69) is 43.0 Å². The maximum Gasteiger partial charge on any atom is 0.453 e. The standard InChI is InChI=1S/C22H20F5IN6O3/c1-3-37-19(36)20(2)13-15(29)30-17(31-16(13)32-18(20)35)14-11-5-4-10(9-28)8-12(11)34(33-14)7-6-21(23,24)22(25,26)27/h4-5,8H,3,6-7,9H2,1-2H3,(H3,29,30,31,32,35). The average Bonchev–Trinajstić information content (AvgIpc) is 3.32. The van der Waals surface area contributed by atoms with Crippen molar-refractivity contribution in [1.29, 1.82) is 0 Å². The molecule has 3 N–H and O–H groups in total. The predicted octanol–water partition coefficient (Wildman–Crippen LogP) is 4.37. The number of nitrogens with zero attached hydrogens (tertiary/aromatic N) is 4. The molecule has 1 aromatic carbocycles. The van der Waals surface area contributed by atoms with Gasteiger partial charge < -0.3 is 15.8 Å². The molecular formula is C22H20F5IN6O3. The molecule has 0 saturated carbocycles. The van der Waals surface area contributed by atoms with Crippen LogP contribution in [0, 0.1) is 0 Å². The third kappa shape index (κ3) is 4.46. The van der Waals surface area contributed by atoms with Crippen LogP contribution in [-0.2, 0) is 30.7 Å². The van der Waals surface area contributed by atoms with E-state index in [0.717, 1.165) is 10.2 Å². The first kappa shape index (κ1) is 26.9. The van der Waals surface area contributed by atoms with Crippen LogP contribution >= 0.6 is 22.6 Å². The number of aromatic nitrogens is 4. The summed E-state index contributed by atoms with van der Waals surface area (Å²) in [4.78, 5) is 33.7. The first-order valence-electron chi connectivity index (χ1n) is 10.9. The van der Waals surface area contributed by atoms with E-state index in [9.17, 15) is 31.5 Å². The van der Waals surface area contributed by atoms with Gasteiger partial charge in [-0.2, -0.15) is 27.1 Å². The number of halogens is 6. The number of hydrogen-bond acceptors (Lipinski definition) is 7. The lowest BCUT2D eigenvalue weighted by Gasteiger charge is -2.20. The molecule has 9 nitrogen and oxygen atoms in total. The highest BCUT2D eigenvalue weighted by Gasteiger charge is 2.57. The molecule has 1 unspecified atom stereocenters. The molecule has 3 aromatic rings. The first-order chi connectivity index (χ1) is 17.2. The van der Waals surface area contributed by atoms with Crippen LogP contribution in [0.2, 0.25) is 0 Å². The molecule has 4 rings (SSSR count). The van der Waals surface area contributed by atoms with Crippen molar-refractivity contribution in [2.75, 3.05) is 17.7 Å². The number of nitrogen functional groups attached to an aromatic ring is 1. The van der Waals surface area contributed by atoms with Gasteiger partial charge in [0.2, 0.25) is 5.91 Å². The summed E-state index contributed by atoms with van der Waals surface area (Å²) in [5.74, 6) is -6.88. The van der Waals surface area contributed by atoms with E-state index in [0.29, 0.717) is 15.3 Å². The van der Waals surface area contributed by atoms with Gasteiger partial charge in [0.25, 0.3) is 0 Å². The second kappa shape index (κ2) is 9.33. The number of carbonyl (C=O) groups excluding carboxylic acids is 2. The van der Waals surface area contributed by atoms with Crippen molar-refractivity contribution in [2.45, 2.75) is 48.8 Å². The van der Waals surface area contributed by atoms with E-state index >= 15 is 0 Å². The number of nitrogens with one attached hydrogen (secondary N) is 1. The van der Waals surface area contributed by atoms with Gasteiger partial charge in [0.15, 0.2) is 11.2 Å². The Morgan fingerprint density at radius 3 is 2.57 bits per heavy atom. The molecule has 1 aliphatic rings. The first-order valence-corrected chi connectivity index (χ1v) is 12.4. The maximum absolute atomic E-state index is 13.6. The average molecular weight is 638 g/mol. The van der Waals surface area contributed by atoms with Crippen LogP contribution in [0.4, 0.5) is 33.6 Å². The Bertz CT molecular complexity index is 1410. The molecule has 0 saturated heterocycles. The van der Waals surface area contributed by atoms with Crippen molar-refractivity contribution < 1.29 is 36.3 Å². The molecule has 15 heteroatoms. The predicted molar refractivity (Wildman–Crippen MR) is 131 cm³/mol. The summed E-state index contributed by atoms with van der Waals surface area (Å²) in [6.45, 7) is 2.17. The normalized spacial score (nSPS) is 17.7. The lowest BCUT2D eigenvalue weighted by molar-refractivity contribution is -0.285. The van der Waals surface area contributed by atoms with Crippen molar-refractivity contribution in [2.24, 2.45) is 0 Å². The van der Waals surface area contributed by atoms with Crippen molar-refractivity contribution in [3.63, 3.8) is 0 Å². The molecule has 1 aliphatic heterocycles. The van der Waals surface area contributed by atoms with Crippen LogP contribution in [0.1, 0.15) is 31.4 Å². The quantitative estimate of drug-likeness (QED) is 0.130. The summed E-state index contributed by atoms with van der Waals surface area (Å²) in [7, 11) is 0. The maximum atomic E-state index is 13.6. The summed E-state index contributed by atoms with van der Waals surface area (Å²) < 4.78 is 72.1. The molecule has 1 amide bonds. The fraction of sp³-hybridized carbons (Fsp3) is 0.409. The molecular weight excluding hydrogens is 618 g/mol. The molecule has 0 radical (unpaired) electrons. The molecule has 3 heterocycles. The minimum atomic E-state index is -5.70. The van der Waals surface area contributed by atoms with Gasteiger partial charge in [-0.25, -0.2) is 9.97 Å². The highest BCUT2D eigenvalue weighted by atomic mass is 127. The Labute approximate surface area is 220 Å². The number of alkyl halides is 6. The van der Waals surface area contributed by atoms with Crippen LogP contribution < -0.4 is 11.1 Å². The Hall–Kier alpha value is -3.11. The third-order valence-electron chi connectivity index (χ3n) is 6.04. The number of esters is 1. The van der Waals surface area contributed by atoms with E-state index in [4.69, 9.17) is 10.5 Å². The van der Waals surface area contributed by atoms with Gasteiger partial charge in [-0.3, -0.25) is 14.3 Å². The van der Waals surface area contributed by atoms with E-state index < -0.39 is 42.4 Å². The molecule has 0 fully saturated rings. The van der Waals surface area contributed by atoms with Crippen LogP contribution in [0.25, 0.3) is 22.4 Å². The Morgan fingerprint density at radius 1 is 1.24 bits per heavy atom. The van der Waals surface area contributed by atoms with Crippen molar-refractivity contribution >= 4 is 57.0 Å². The molecule has 0 bridgehead atoms. The Kier molecular flexibility index (Phi) is 6.79. The van der Waals surface area contributed by atoms with Crippen LogP contribution in [0.3, 0.4) is 0 Å². The van der Waals surface area contributed by atoms with Crippen molar-refractivity contribution in [1.82, 2.24) is 19.7 Å². The zero-order chi connectivity index (χ0) is 27.3. The van der Waals surface area contributed by atoms with E-state index in [1.807, 2.05) is 0 Å². The number of amides is 1. The second-order valence-corrected chi connectivity index (χ2v) is 9.23. The summed E-state index contributed by atoms with van der Waals surface area (Å²) in [6.07, 6.45) is -7.23. The summed E-state index contributed by atoms with van der Waals surface area (Å²) in [5, 5.41) is 7.09. The number of benzene rings is 1. The van der Waals surface area contributed by atoms with Crippen LogP contribution in [-0.4, -0.2) is 50.3 Å². The van der Waals surface area contributed by atoms with Gasteiger partial charge >= 0.3 is 18.1 Å². The Morgan fingerprint density at radius 2 is 1.95 bits per heavy atom. The van der Waals surface area contributed by atoms with Gasteiger partial charge in [0.05, 0.1) is 17.7 Å². The zero-order valence-corrected chi connectivity index (χ0v) is 21.6. The summed E-state index contributed by atoms with van der Waals surface area (Å²) in [6, 6.07) is 4.99. The van der Waals surface area contributed by atoms with Gasteiger partial charge in [-0.05, 0) is 25.5 Å². The number of anilines is 2. The number of aryl methyl sites for hydroxylation is 1. The Balaban J connectivity index is 1.82. The van der Waals surface area contributed by atoms with Gasteiger partial charge in [0, 0.05) is 22.8 Å². The smallest absolute Gasteiger partial charge is 0.453 e. The fourth-order valence-electron chi connectivity index (χ4n) is 4.01. The van der Waals surface area contributed by atoms with Crippen molar-refractivity contribution in [3.05, 3.63) is 29.3 Å². The van der Waals surface area contributed by atoms with Gasteiger partial charge in [-0.15, -0.1) is 0 Å². The summed E-state index contributed by atoms with van der Waals surface area (Å²) in [5.41, 5.74) is 5.49. The molecule has 1 atom stereocenters. The van der Waals surface area contributed by atoms with Gasteiger partial charge in [-0.1, -0.05) is 34.7 Å². The monoisotopic (exact) mass is 638 g/mol. The van der Waals surface area contributed by atoms with E-state index in [1.54, 1.807) is 25.1 Å². The second-order valence-electron chi connectivity index (χ2n) is 8.46. The zero-order valence-electron chi connectivity index (χ0n) is 19.4. The summed E-state index contributed by atoms with van der Waals surface area (Å²) >= 11 is 2.08. The highest BCUT2D eigenvalue weighted by molar-refractivity contribution is 14.1. The molecule has 0 aliphatic carbocycles. The lowest BCUT2D eigenvalue weighted by Crippen LogP contribution is -2.41. The molecule has 37 heavy (non-hydrogen) atoms. The largest absolute Gasteiger partial charge is 0.465 e. The lowest BCUT2D eigenvalue weighted by atomic mass is 9.84. The molecule has 198 valence electrons. The van der Waals surface area contributed by atoms with Crippen LogP contribution in [0.5, 0.6) is 0 Å². The van der Waals surface area contributed by atoms with E-state index in [-0.39, 0.29) is 35.3 Å². The minimum absolute atomic E-state index is 0.0143. The number of ether oxygens (including phenoxy) is 1. The number of rotatable bonds is 7. The number of carbonyl (C=O) groups is 2. The van der Waals surface area contributed by atoms with E-state index in [1.165, 1.54) is 6.92 Å².